The van der Waals surface area contributed by atoms with Gasteiger partial charge in [0, 0.05) is 23.4 Å². The fourth-order valence-electron chi connectivity index (χ4n) is 1.70. The van der Waals surface area contributed by atoms with E-state index in [1.165, 1.54) is 0 Å². The van der Waals surface area contributed by atoms with Crippen LogP contribution in [0.4, 0.5) is 0 Å². The number of hydrogen-bond acceptors (Lipinski definition) is 2. The average Bonchev–Trinajstić information content (AvgIpc) is 2.30. The van der Waals surface area contributed by atoms with Crippen molar-refractivity contribution in [1.82, 2.24) is 4.98 Å². The van der Waals surface area contributed by atoms with Gasteiger partial charge in [0.05, 0.1) is 6.10 Å². The number of fused-ring (bicyclic) bond motifs is 1. The van der Waals surface area contributed by atoms with Gasteiger partial charge in [-0.05, 0) is 12.5 Å². The first-order chi connectivity index (χ1) is 5.29. The van der Waals surface area contributed by atoms with Gasteiger partial charge in [-0.3, -0.25) is 4.98 Å². The smallest absolute Gasteiger partial charge is 0.0814 e. The molecule has 2 nitrogen and oxygen atoms in total. The van der Waals surface area contributed by atoms with Crippen LogP contribution in [0, 0.1) is 0 Å². The second-order valence-electron chi connectivity index (χ2n) is 3.13. The summed E-state index contributed by atoms with van der Waals surface area (Å²) in [6.45, 7) is 2.10. The fraction of sp³-hybridized carbons (Fsp3) is 0.444. The summed E-state index contributed by atoms with van der Waals surface area (Å²) in [7, 11) is 0. The van der Waals surface area contributed by atoms with E-state index in [0.29, 0.717) is 5.92 Å². The summed E-state index contributed by atoms with van der Waals surface area (Å²) in [5.74, 6) is 0.418. The van der Waals surface area contributed by atoms with Crippen molar-refractivity contribution in [2.24, 2.45) is 0 Å². The van der Waals surface area contributed by atoms with Crippen LogP contribution in [0.15, 0.2) is 18.3 Å². The van der Waals surface area contributed by atoms with Gasteiger partial charge in [-0.15, -0.1) is 0 Å². The highest BCUT2D eigenvalue weighted by atomic mass is 16.3. The third-order valence-electron chi connectivity index (χ3n) is 2.27. The van der Waals surface area contributed by atoms with E-state index in [1.54, 1.807) is 6.20 Å². The Bertz CT molecular complexity index is 245. The van der Waals surface area contributed by atoms with E-state index in [9.17, 15) is 5.11 Å². The van der Waals surface area contributed by atoms with Crippen LogP contribution in [-0.2, 0) is 0 Å². The van der Waals surface area contributed by atoms with Crippen LogP contribution in [0.2, 0.25) is 0 Å². The molecule has 0 saturated heterocycles. The van der Waals surface area contributed by atoms with Gasteiger partial charge in [0.25, 0.3) is 0 Å². The lowest BCUT2D eigenvalue weighted by Gasteiger charge is -2.00. The number of aliphatic hydroxyl groups is 1. The maximum atomic E-state index is 9.51. The van der Waals surface area contributed by atoms with Crippen LogP contribution in [0.3, 0.4) is 0 Å². The van der Waals surface area contributed by atoms with E-state index >= 15 is 0 Å². The molecule has 0 aromatic carbocycles. The molecule has 0 radical (unpaired) electrons. The average molecular weight is 149 g/mol. The Morgan fingerprint density at radius 2 is 2.45 bits per heavy atom. The highest BCUT2D eigenvalue weighted by Gasteiger charge is 2.26. The third kappa shape index (κ3) is 0.942. The number of pyridine rings is 1. The Labute approximate surface area is 65.9 Å². The number of rotatable bonds is 0. The minimum Gasteiger partial charge on any atom is -0.388 e. The van der Waals surface area contributed by atoms with Gasteiger partial charge < -0.3 is 5.11 Å². The largest absolute Gasteiger partial charge is 0.388 e. The predicted molar refractivity (Wildman–Crippen MR) is 42.2 cm³/mol. The molecule has 11 heavy (non-hydrogen) atoms. The molecule has 0 spiro atoms. The Morgan fingerprint density at radius 3 is 3.18 bits per heavy atom. The summed E-state index contributed by atoms with van der Waals surface area (Å²) >= 11 is 0. The molecule has 0 unspecified atom stereocenters. The van der Waals surface area contributed by atoms with Crippen molar-refractivity contribution in [2.75, 3.05) is 0 Å². The van der Waals surface area contributed by atoms with E-state index < -0.39 is 0 Å². The molecule has 2 heteroatoms. The summed E-state index contributed by atoms with van der Waals surface area (Å²) in [6.07, 6.45) is 2.33. The molecule has 2 atom stereocenters. The highest BCUT2D eigenvalue weighted by Crippen LogP contribution is 2.37. The second-order valence-corrected chi connectivity index (χ2v) is 3.13. The Morgan fingerprint density at radius 1 is 1.64 bits per heavy atom. The number of nitrogens with zero attached hydrogens (tertiary/aromatic N) is 1. The molecule has 0 aliphatic heterocycles. The molecule has 0 amide bonds. The van der Waals surface area contributed by atoms with Gasteiger partial charge in [-0.25, -0.2) is 0 Å². The number of aromatic nitrogens is 1. The molecular formula is C9H11NO. The van der Waals surface area contributed by atoms with E-state index in [-0.39, 0.29) is 6.10 Å². The molecule has 1 N–H and O–H groups in total. The van der Waals surface area contributed by atoms with Gasteiger partial charge in [-0.1, -0.05) is 13.0 Å². The Kier molecular flexibility index (Phi) is 1.43. The SMILES string of the molecule is C[C@H]1C[C@H](O)c2cccnc21. The van der Waals surface area contributed by atoms with Crippen LogP contribution in [0.5, 0.6) is 0 Å². The topological polar surface area (TPSA) is 33.1 Å². The van der Waals surface area contributed by atoms with Crippen molar-refractivity contribution in [2.45, 2.75) is 25.4 Å². The zero-order chi connectivity index (χ0) is 7.84. The van der Waals surface area contributed by atoms with Gasteiger partial charge in [0.1, 0.15) is 0 Å². The normalized spacial score (nSPS) is 28.5. The summed E-state index contributed by atoms with van der Waals surface area (Å²) in [5.41, 5.74) is 2.08. The quantitative estimate of drug-likeness (QED) is 0.608. The van der Waals surface area contributed by atoms with Crippen LogP contribution in [0.25, 0.3) is 0 Å². The lowest BCUT2D eigenvalue weighted by atomic mass is 10.1. The minimum atomic E-state index is -0.284. The van der Waals surface area contributed by atoms with E-state index in [4.69, 9.17) is 0 Å². The molecule has 2 rings (SSSR count). The van der Waals surface area contributed by atoms with Crippen LogP contribution < -0.4 is 0 Å². The lowest BCUT2D eigenvalue weighted by Crippen LogP contribution is -1.90. The Hall–Kier alpha value is -0.890. The fourth-order valence-corrected chi connectivity index (χ4v) is 1.70. The van der Waals surface area contributed by atoms with Gasteiger partial charge in [0.15, 0.2) is 0 Å². The van der Waals surface area contributed by atoms with Crippen LogP contribution in [-0.4, -0.2) is 10.1 Å². The summed E-state index contributed by atoms with van der Waals surface area (Å²) in [5, 5.41) is 9.51. The van der Waals surface area contributed by atoms with Crippen LogP contribution >= 0.6 is 0 Å². The number of aliphatic hydroxyl groups excluding tert-OH is 1. The Balaban J connectivity index is 2.52. The molecule has 0 bridgehead atoms. The maximum Gasteiger partial charge on any atom is 0.0814 e. The molecule has 0 fully saturated rings. The zero-order valence-corrected chi connectivity index (χ0v) is 6.49. The summed E-state index contributed by atoms with van der Waals surface area (Å²) < 4.78 is 0. The highest BCUT2D eigenvalue weighted by molar-refractivity contribution is 5.30. The summed E-state index contributed by atoms with van der Waals surface area (Å²) in [4.78, 5) is 4.23. The number of hydrogen-bond donors (Lipinski definition) is 1. The third-order valence-corrected chi connectivity index (χ3v) is 2.27. The first-order valence-electron chi connectivity index (χ1n) is 3.92. The van der Waals surface area contributed by atoms with Crippen molar-refractivity contribution in [3.05, 3.63) is 29.6 Å². The van der Waals surface area contributed by atoms with Gasteiger partial charge in [0.2, 0.25) is 0 Å². The van der Waals surface area contributed by atoms with E-state index in [0.717, 1.165) is 17.7 Å². The molecule has 1 aromatic heterocycles. The van der Waals surface area contributed by atoms with Crippen molar-refractivity contribution >= 4 is 0 Å². The van der Waals surface area contributed by atoms with Crippen molar-refractivity contribution in [3.8, 4) is 0 Å². The van der Waals surface area contributed by atoms with Crippen molar-refractivity contribution < 1.29 is 5.11 Å². The molecule has 1 aliphatic rings. The molecular weight excluding hydrogens is 138 g/mol. The molecule has 1 aromatic rings. The zero-order valence-electron chi connectivity index (χ0n) is 6.49. The first kappa shape index (κ1) is 6.80. The molecule has 1 aliphatic carbocycles. The predicted octanol–water partition coefficient (Wildman–Crippen LogP) is 1.62. The minimum absolute atomic E-state index is 0.284. The molecule has 0 saturated carbocycles. The lowest BCUT2D eigenvalue weighted by molar-refractivity contribution is 0.174. The molecule has 58 valence electrons. The monoisotopic (exact) mass is 149 g/mol. The van der Waals surface area contributed by atoms with Crippen molar-refractivity contribution in [3.63, 3.8) is 0 Å². The summed E-state index contributed by atoms with van der Waals surface area (Å²) in [6, 6.07) is 3.83. The van der Waals surface area contributed by atoms with Gasteiger partial charge >= 0.3 is 0 Å². The van der Waals surface area contributed by atoms with Crippen molar-refractivity contribution in [1.29, 1.82) is 0 Å². The van der Waals surface area contributed by atoms with Crippen LogP contribution in [0.1, 0.15) is 36.6 Å². The maximum absolute atomic E-state index is 9.51. The second kappa shape index (κ2) is 2.31. The first-order valence-corrected chi connectivity index (χ1v) is 3.92. The van der Waals surface area contributed by atoms with E-state index in [2.05, 4.69) is 11.9 Å². The standard InChI is InChI=1S/C9H11NO/c1-6-5-8(11)7-3-2-4-10-9(6)7/h2-4,6,8,11H,5H2,1H3/t6-,8-/m0/s1. The van der Waals surface area contributed by atoms with E-state index in [1.807, 2.05) is 12.1 Å². The molecule has 1 heterocycles. The van der Waals surface area contributed by atoms with Gasteiger partial charge in [-0.2, -0.15) is 0 Å².